The highest BCUT2D eigenvalue weighted by Gasteiger charge is 2.26. The van der Waals surface area contributed by atoms with Crippen LogP contribution in [0.15, 0.2) is 54.6 Å². The summed E-state index contributed by atoms with van der Waals surface area (Å²) in [5.41, 5.74) is 2.01. The number of nitrogens with one attached hydrogen (secondary N) is 2. The molecule has 0 atom stereocenters. The molecule has 3 aromatic rings. The number of thiophene rings is 1. The molecule has 2 amide bonds. The van der Waals surface area contributed by atoms with Gasteiger partial charge in [-0.05, 0) is 49.2 Å². The van der Waals surface area contributed by atoms with Crippen LogP contribution in [0.3, 0.4) is 0 Å². The van der Waals surface area contributed by atoms with Gasteiger partial charge in [0.15, 0.2) is 0 Å². The molecule has 0 radical (unpaired) electrons. The Bertz CT molecular complexity index is 1090. The van der Waals surface area contributed by atoms with Crippen LogP contribution >= 0.6 is 22.9 Å². The number of carbonyl (C=O) groups excluding carboxylic acids is 3. The van der Waals surface area contributed by atoms with Crippen LogP contribution in [-0.2, 0) is 11.3 Å². The van der Waals surface area contributed by atoms with Crippen LogP contribution in [0.1, 0.15) is 48.4 Å². The number of rotatable bonds is 7. The Balaban J connectivity index is 1.89. The molecule has 31 heavy (non-hydrogen) atoms. The van der Waals surface area contributed by atoms with Gasteiger partial charge in [-0.3, -0.25) is 9.59 Å². The average Bonchev–Trinajstić information content (AvgIpc) is 3.09. The standard InChI is InChI=1S/C23H21ClN2O4S/c1-3-30-23(29)19-14(2)18(21(28)25-13-15-7-5-4-6-8-15)22(31-19)26-20(27)16-9-11-17(24)12-10-16/h4-12H,3,13H2,1-2H3,(H,25,28)(H,26,27). The van der Waals surface area contributed by atoms with E-state index in [0.29, 0.717) is 22.7 Å². The molecule has 0 unspecified atom stereocenters. The summed E-state index contributed by atoms with van der Waals surface area (Å²) in [5.74, 6) is -1.33. The van der Waals surface area contributed by atoms with Crippen LogP contribution in [0.25, 0.3) is 0 Å². The number of benzene rings is 2. The van der Waals surface area contributed by atoms with Crippen molar-refractivity contribution in [3.8, 4) is 0 Å². The van der Waals surface area contributed by atoms with Gasteiger partial charge in [-0.1, -0.05) is 41.9 Å². The summed E-state index contributed by atoms with van der Waals surface area (Å²) < 4.78 is 5.10. The topological polar surface area (TPSA) is 84.5 Å². The first-order valence-corrected chi connectivity index (χ1v) is 10.8. The van der Waals surface area contributed by atoms with Gasteiger partial charge in [0.05, 0.1) is 12.2 Å². The molecule has 1 aromatic heterocycles. The number of amides is 2. The minimum atomic E-state index is -0.533. The zero-order chi connectivity index (χ0) is 22.4. The first-order chi connectivity index (χ1) is 14.9. The Morgan fingerprint density at radius 1 is 1.00 bits per heavy atom. The van der Waals surface area contributed by atoms with Crippen molar-refractivity contribution in [1.29, 1.82) is 0 Å². The Morgan fingerprint density at radius 3 is 2.32 bits per heavy atom. The number of esters is 1. The highest BCUT2D eigenvalue weighted by Crippen LogP contribution is 2.34. The lowest BCUT2D eigenvalue weighted by Gasteiger charge is -2.09. The maximum Gasteiger partial charge on any atom is 0.348 e. The van der Waals surface area contributed by atoms with Crippen LogP contribution in [0.5, 0.6) is 0 Å². The van der Waals surface area contributed by atoms with Crippen molar-refractivity contribution in [2.75, 3.05) is 11.9 Å². The number of ether oxygens (including phenoxy) is 1. The van der Waals surface area contributed by atoms with E-state index in [0.717, 1.165) is 16.9 Å². The normalized spacial score (nSPS) is 10.4. The van der Waals surface area contributed by atoms with Crippen molar-refractivity contribution in [2.24, 2.45) is 0 Å². The Kier molecular flexibility index (Phi) is 7.44. The maximum atomic E-state index is 13.0. The molecule has 0 aliphatic heterocycles. The smallest absolute Gasteiger partial charge is 0.348 e. The van der Waals surface area contributed by atoms with Gasteiger partial charge in [0, 0.05) is 17.1 Å². The summed E-state index contributed by atoms with van der Waals surface area (Å²) in [7, 11) is 0. The Labute approximate surface area is 189 Å². The van der Waals surface area contributed by atoms with E-state index in [9.17, 15) is 14.4 Å². The number of hydrogen-bond acceptors (Lipinski definition) is 5. The number of halogens is 1. The van der Waals surface area contributed by atoms with Gasteiger partial charge in [0.2, 0.25) is 0 Å². The molecule has 1 heterocycles. The quantitative estimate of drug-likeness (QED) is 0.486. The molecular weight excluding hydrogens is 436 g/mol. The highest BCUT2D eigenvalue weighted by molar-refractivity contribution is 7.18. The van der Waals surface area contributed by atoms with Gasteiger partial charge in [-0.25, -0.2) is 4.79 Å². The number of hydrogen-bond donors (Lipinski definition) is 2. The lowest BCUT2D eigenvalue weighted by molar-refractivity contribution is 0.0531. The van der Waals surface area contributed by atoms with E-state index in [2.05, 4.69) is 10.6 Å². The molecular formula is C23H21ClN2O4S. The molecule has 8 heteroatoms. The van der Waals surface area contributed by atoms with Crippen molar-refractivity contribution in [3.63, 3.8) is 0 Å². The van der Waals surface area contributed by atoms with Gasteiger partial charge in [-0.15, -0.1) is 11.3 Å². The van der Waals surface area contributed by atoms with Crippen molar-refractivity contribution >= 4 is 45.7 Å². The zero-order valence-corrected chi connectivity index (χ0v) is 18.6. The summed E-state index contributed by atoms with van der Waals surface area (Å²) in [6.45, 7) is 3.89. The molecule has 0 spiro atoms. The SMILES string of the molecule is CCOC(=O)c1sc(NC(=O)c2ccc(Cl)cc2)c(C(=O)NCc2ccccc2)c1C. The highest BCUT2D eigenvalue weighted by atomic mass is 35.5. The van der Waals surface area contributed by atoms with Gasteiger partial charge >= 0.3 is 5.97 Å². The first-order valence-electron chi connectivity index (χ1n) is 9.60. The third-order valence-corrected chi connectivity index (χ3v) is 5.90. The monoisotopic (exact) mass is 456 g/mol. The molecule has 3 rings (SSSR count). The largest absolute Gasteiger partial charge is 0.462 e. The summed E-state index contributed by atoms with van der Waals surface area (Å²) in [6.07, 6.45) is 0. The number of anilines is 1. The minimum absolute atomic E-state index is 0.207. The van der Waals surface area contributed by atoms with Crippen LogP contribution in [-0.4, -0.2) is 24.4 Å². The van der Waals surface area contributed by atoms with Gasteiger partial charge in [-0.2, -0.15) is 0 Å². The van der Waals surface area contributed by atoms with E-state index in [4.69, 9.17) is 16.3 Å². The van der Waals surface area contributed by atoms with Crippen molar-refractivity contribution in [2.45, 2.75) is 20.4 Å². The van der Waals surface area contributed by atoms with E-state index >= 15 is 0 Å². The van der Waals surface area contributed by atoms with Crippen LogP contribution < -0.4 is 10.6 Å². The van der Waals surface area contributed by atoms with E-state index in [1.165, 1.54) is 0 Å². The van der Waals surface area contributed by atoms with Crippen molar-refractivity contribution < 1.29 is 19.1 Å². The van der Waals surface area contributed by atoms with Gasteiger partial charge < -0.3 is 15.4 Å². The summed E-state index contributed by atoms with van der Waals surface area (Å²) >= 11 is 6.90. The molecule has 160 valence electrons. The second kappa shape index (κ2) is 10.2. The lowest BCUT2D eigenvalue weighted by atomic mass is 10.1. The Hall–Kier alpha value is -3.16. The second-order valence-electron chi connectivity index (χ2n) is 6.61. The van der Waals surface area contributed by atoms with E-state index in [-0.39, 0.29) is 28.0 Å². The maximum absolute atomic E-state index is 13.0. The molecule has 0 saturated carbocycles. The fourth-order valence-electron chi connectivity index (χ4n) is 2.91. The average molecular weight is 457 g/mol. The van der Waals surface area contributed by atoms with Crippen LogP contribution in [0.2, 0.25) is 5.02 Å². The van der Waals surface area contributed by atoms with Crippen LogP contribution in [0, 0.1) is 6.92 Å². The van der Waals surface area contributed by atoms with Crippen molar-refractivity contribution in [3.05, 3.63) is 86.8 Å². The summed E-state index contributed by atoms with van der Waals surface area (Å²) in [5, 5.41) is 6.39. The predicted molar refractivity (Wildman–Crippen MR) is 122 cm³/mol. The van der Waals surface area contributed by atoms with E-state index in [1.54, 1.807) is 38.1 Å². The van der Waals surface area contributed by atoms with Gasteiger partial charge in [0.1, 0.15) is 9.88 Å². The fourth-order valence-corrected chi connectivity index (χ4v) is 4.13. The second-order valence-corrected chi connectivity index (χ2v) is 8.07. The molecule has 0 bridgehead atoms. The molecule has 0 saturated heterocycles. The van der Waals surface area contributed by atoms with E-state index in [1.807, 2.05) is 30.3 Å². The van der Waals surface area contributed by atoms with Gasteiger partial charge in [0.25, 0.3) is 11.8 Å². The summed E-state index contributed by atoms with van der Waals surface area (Å²) in [4.78, 5) is 38.3. The van der Waals surface area contributed by atoms with Crippen molar-refractivity contribution in [1.82, 2.24) is 5.32 Å². The molecule has 6 nitrogen and oxygen atoms in total. The summed E-state index contributed by atoms with van der Waals surface area (Å²) in [6, 6.07) is 15.8. The predicted octanol–water partition coefficient (Wildman–Crippen LogP) is 5.07. The van der Waals surface area contributed by atoms with Crippen LogP contribution in [0.4, 0.5) is 5.00 Å². The lowest BCUT2D eigenvalue weighted by Crippen LogP contribution is -2.25. The fraction of sp³-hybridized carbons (Fsp3) is 0.174. The van der Waals surface area contributed by atoms with E-state index < -0.39 is 11.9 Å². The number of carbonyl (C=O) groups is 3. The third kappa shape index (κ3) is 5.51. The molecule has 2 N–H and O–H groups in total. The molecule has 2 aromatic carbocycles. The molecule has 0 fully saturated rings. The molecule has 0 aliphatic carbocycles. The third-order valence-electron chi connectivity index (χ3n) is 4.46. The zero-order valence-electron chi connectivity index (χ0n) is 17.0. The first kappa shape index (κ1) is 22.5. The minimum Gasteiger partial charge on any atom is -0.462 e. The molecule has 0 aliphatic rings. The Morgan fingerprint density at radius 2 is 1.68 bits per heavy atom.